The Balaban J connectivity index is 2.02. The van der Waals surface area contributed by atoms with Crippen molar-refractivity contribution in [1.82, 2.24) is 0 Å². The Morgan fingerprint density at radius 2 is 1.84 bits per heavy atom. The molecule has 19 heavy (non-hydrogen) atoms. The molecule has 3 rings (SSSR count). The van der Waals surface area contributed by atoms with Crippen LogP contribution in [0.2, 0.25) is 0 Å². The molecule has 0 saturated heterocycles. The molecule has 0 spiro atoms. The van der Waals surface area contributed by atoms with Crippen LogP contribution >= 0.6 is 0 Å². The van der Waals surface area contributed by atoms with Crippen LogP contribution in [0.3, 0.4) is 0 Å². The maximum atomic E-state index is 13.0. The Morgan fingerprint density at radius 1 is 1.11 bits per heavy atom. The summed E-state index contributed by atoms with van der Waals surface area (Å²) >= 11 is 0. The molecule has 1 heterocycles. The third kappa shape index (κ3) is 2.35. The predicted molar refractivity (Wildman–Crippen MR) is 75.0 cm³/mol. The van der Waals surface area contributed by atoms with Crippen LogP contribution in [0.4, 0.5) is 4.39 Å². The largest absolute Gasteiger partial charge is 0.493 e. The zero-order valence-electron chi connectivity index (χ0n) is 11.0. The zero-order valence-corrected chi connectivity index (χ0v) is 11.0. The van der Waals surface area contributed by atoms with Crippen molar-refractivity contribution in [3.8, 4) is 16.9 Å². The summed E-state index contributed by atoms with van der Waals surface area (Å²) in [5, 5.41) is 0. The molecular formula is C17H17FO. The van der Waals surface area contributed by atoms with E-state index < -0.39 is 0 Å². The van der Waals surface area contributed by atoms with Gasteiger partial charge in [0.05, 0.1) is 6.61 Å². The van der Waals surface area contributed by atoms with Crippen molar-refractivity contribution in [3.05, 3.63) is 53.8 Å². The lowest BCUT2D eigenvalue weighted by Crippen LogP contribution is -2.13. The molecule has 2 heteroatoms. The van der Waals surface area contributed by atoms with Gasteiger partial charge in [-0.2, -0.15) is 0 Å². The first-order valence-electron chi connectivity index (χ1n) is 6.80. The molecule has 2 aromatic carbocycles. The van der Waals surface area contributed by atoms with Crippen molar-refractivity contribution in [1.29, 1.82) is 0 Å². The molecule has 1 unspecified atom stereocenters. The van der Waals surface area contributed by atoms with E-state index in [1.165, 1.54) is 17.7 Å². The number of halogens is 1. The van der Waals surface area contributed by atoms with Gasteiger partial charge < -0.3 is 4.74 Å². The molecule has 0 aromatic heterocycles. The fourth-order valence-electron chi connectivity index (χ4n) is 2.71. The highest BCUT2D eigenvalue weighted by Crippen LogP contribution is 2.38. The predicted octanol–water partition coefficient (Wildman–Crippen LogP) is 4.77. The lowest BCUT2D eigenvalue weighted by molar-refractivity contribution is 0.265. The molecule has 1 nitrogen and oxygen atoms in total. The minimum atomic E-state index is -0.198. The topological polar surface area (TPSA) is 9.23 Å². The summed E-state index contributed by atoms with van der Waals surface area (Å²) in [4.78, 5) is 0. The standard InChI is InChI=1S/C17H17FO/c1-2-12-9-10-19-17-8-5-14(11-16(12)17)13-3-6-15(18)7-4-13/h3-8,11-12H,2,9-10H2,1H3. The van der Waals surface area contributed by atoms with Crippen LogP contribution in [-0.4, -0.2) is 6.61 Å². The molecular weight excluding hydrogens is 239 g/mol. The molecule has 0 amide bonds. The van der Waals surface area contributed by atoms with Crippen molar-refractivity contribution >= 4 is 0 Å². The van der Waals surface area contributed by atoms with Gasteiger partial charge >= 0.3 is 0 Å². The fraction of sp³-hybridized carbons (Fsp3) is 0.294. The number of ether oxygens (including phenoxy) is 1. The number of hydrogen-bond donors (Lipinski definition) is 0. The Kier molecular flexibility index (Phi) is 3.24. The first-order valence-corrected chi connectivity index (χ1v) is 6.80. The molecule has 0 bridgehead atoms. The lowest BCUT2D eigenvalue weighted by atomic mass is 9.89. The van der Waals surface area contributed by atoms with Crippen molar-refractivity contribution in [2.24, 2.45) is 0 Å². The number of benzene rings is 2. The maximum Gasteiger partial charge on any atom is 0.123 e. The number of rotatable bonds is 2. The normalized spacial score (nSPS) is 17.7. The van der Waals surface area contributed by atoms with E-state index in [1.54, 1.807) is 0 Å². The van der Waals surface area contributed by atoms with Crippen molar-refractivity contribution in [3.63, 3.8) is 0 Å². The van der Waals surface area contributed by atoms with E-state index in [0.717, 1.165) is 36.3 Å². The highest BCUT2D eigenvalue weighted by molar-refractivity contribution is 5.66. The Bertz CT molecular complexity index is 574. The molecule has 0 fully saturated rings. The summed E-state index contributed by atoms with van der Waals surface area (Å²) in [5.41, 5.74) is 3.46. The molecule has 0 saturated carbocycles. The van der Waals surface area contributed by atoms with Gasteiger partial charge in [-0.3, -0.25) is 0 Å². The first-order chi connectivity index (χ1) is 9.28. The second kappa shape index (κ2) is 5.04. The minimum absolute atomic E-state index is 0.198. The van der Waals surface area contributed by atoms with Crippen molar-refractivity contribution in [2.75, 3.05) is 6.61 Å². The van der Waals surface area contributed by atoms with Gasteiger partial charge in [0.2, 0.25) is 0 Å². The smallest absolute Gasteiger partial charge is 0.123 e. The number of hydrogen-bond acceptors (Lipinski definition) is 1. The summed E-state index contributed by atoms with van der Waals surface area (Å²) < 4.78 is 18.7. The molecule has 2 aromatic rings. The summed E-state index contributed by atoms with van der Waals surface area (Å²) in [6, 6.07) is 12.9. The van der Waals surface area contributed by atoms with Crippen LogP contribution in [0.5, 0.6) is 5.75 Å². The molecule has 0 N–H and O–H groups in total. The van der Waals surface area contributed by atoms with E-state index in [9.17, 15) is 4.39 Å². The van der Waals surface area contributed by atoms with E-state index in [2.05, 4.69) is 13.0 Å². The Hall–Kier alpha value is -1.83. The van der Waals surface area contributed by atoms with E-state index in [0.29, 0.717) is 5.92 Å². The average Bonchev–Trinajstić information content (AvgIpc) is 2.47. The quantitative estimate of drug-likeness (QED) is 0.752. The zero-order chi connectivity index (χ0) is 13.2. The maximum absolute atomic E-state index is 13.0. The van der Waals surface area contributed by atoms with Gasteiger partial charge in [0, 0.05) is 0 Å². The van der Waals surface area contributed by atoms with Crippen molar-refractivity contribution < 1.29 is 9.13 Å². The highest BCUT2D eigenvalue weighted by atomic mass is 19.1. The third-order valence-corrected chi connectivity index (χ3v) is 3.84. The van der Waals surface area contributed by atoms with Gasteiger partial charge in [-0.25, -0.2) is 4.39 Å². The molecule has 98 valence electrons. The van der Waals surface area contributed by atoms with Crippen molar-refractivity contribution in [2.45, 2.75) is 25.7 Å². The van der Waals surface area contributed by atoms with Gasteiger partial charge in [-0.05, 0) is 59.7 Å². The molecule has 1 atom stereocenters. The van der Waals surface area contributed by atoms with E-state index >= 15 is 0 Å². The third-order valence-electron chi connectivity index (χ3n) is 3.84. The average molecular weight is 256 g/mol. The van der Waals surface area contributed by atoms with Gasteiger partial charge in [0.1, 0.15) is 11.6 Å². The monoisotopic (exact) mass is 256 g/mol. The van der Waals surface area contributed by atoms with E-state index in [4.69, 9.17) is 4.74 Å². The second-order valence-electron chi connectivity index (χ2n) is 5.00. The van der Waals surface area contributed by atoms with Crippen LogP contribution in [0.15, 0.2) is 42.5 Å². The second-order valence-corrected chi connectivity index (χ2v) is 5.00. The summed E-state index contributed by atoms with van der Waals surface area (Å²) in [7, 11) is 0. The fourth-order valence-corrected chi connectivity index (χ4v) is 2.71. The van der Waals surface area contributed by atoms with Gasteiger partial charge in [-0.1, -0.05) is 25.1 Å². The van der Waals surface area contributed by atoms with Gasteiger partial charge in [0.15, 0.2) is 0 Å². The van der Waals surface area contributed by atoms with Gasteiger partial charge in [0.25, 0.3) is 0 Å². The molecule has 1 aliphatic heterocycles. The lowest BCUT2D eigenvalue weighted by Gasteiger charge is -2.25. The van der Waals surface area contributed by atoms with Gasteiger partial charge in [-0.15, -0.1) is 0 Å². The van der Waals surface area contributed by atoms with Crippen LogP contribution in [0, 0.1) is 5.82 Å². The summed E-state index contributed by atoms with van der Waals surface area (Å²) in [5.74, 6) is 1.38. The highest BCUT2D eigenvalue weighted by Gasteiger charge is 2.20. The SMILES string of the molecule is CCC1CCOc2ccc(-c3ccc(F)cc3)cc21. The molecule has 0 radical (unpaired) electrons. The Morgan fingerprint density at radius 3 is 2.58 bits per heavy atom. The molecule has 0 aliphatic carbocycles. The van der Waals surface area contributed by atoms with Crippen LogP contribution in [-0.2, 0) is 0 Å². The van der Waals surface area contributed by atoms with E-state index in [-0.39, 0.29) is 5.82 Å². The van der Waals surface area contributed by atoms with E-state index in [1.807, 2.05) is 24.3 Å². The number of fused-ring (bicyclic) bond motifs is 1. The first kappa shape index (κ1) is 12.2. The summed E-state index contributed by atoms with van der Waals surface area (Å²) in [6.45, 7) is 3.02. The molecule has 1 aliphatic rings. The van der Waals surface area contributed by atoms with Crippen LogP contribution < -0.4 is 4.74 Å². The summed E-state index contributed by atoms with van der Waals surface area (Å²) in [6.07, 6.45) is 2.21. The van der Waals surface area contributed by atoms with Crippen LogP contribution in [0.1, 0.15) is 31.2 Å². The minimum Gasteiger partial charge on any atom is -0.493 e. The Labute approximate surface area is 113 Å². The van der Waals surface area contributed by atoms with Crippen LogP contribution in [0.25, 0.3) is 11.1 Å².